The van der Waals surface area contributed by atoms with E-state index >= 15 is 0 Å². The molecule has 5 aromatic rings. The van der Waals surface area contributed by atoms with Crippen molar-refractivity contribution in [1.82, 2.24) is 20.3 Å². The molecule has 0 aliphatic rings. The van der Waals surface area contributed by atoms with Crippen LogP contribution in [-0.4, -0.2) is 41.6 Å². The molecule has 3 aromatic heterocycles. The van der Waals surface area contributed by atoms with Crippen molar-refractivity contribution in [2.45, 2.75) is 17.4 Å². The third kappa shape index (κ3) is 6.92. The van der Waals surface area contributed by atoms with E-state index < -0.39 is 16.1 Å². The van der Waals surface area contributed by atoms with Crippen LogP contribution < -0.4 is 10.0 Å². The molecule has 0 aliphatic carbocycles. The predicted molar refractivity (Wildman–Crippen MR) is 154 cm³/mol. The Morgan fingerprint density at radius 2 is 1.72 bits per heavy atom. The van der Waals surface area contributed by atoms with Crippen LogP contribution in [0.25, 0.3) is 22.0 Å². The standard InChI is InChI=1S/C29H27N5O3S2/c35-28(23-4-3-15-30-18-23)19-31-17-14-21-6-10-24(11-7-21)34-39(36,37)25-12-8-22(9-13-25)29-33-27(20-38-29)26-5-1-2-16-32-26/h1-13,15-16,18,20,28,31,34-35H,14,17,19H2/t28-/m0/s1. The van der Waals surface area contributed by atoms with Crippen molar-refractivity contribution in [3.8, 4) is 22.0 Å². The first-order chi connectivity index (χ1) is 19.0. The molecule has 2 aromatic carbocycles. The van der Waals surface area contributed by atoms with E-state index in [0.717, 1.165) is 39.5 Å². The number of benzene rings is 2. The molecular weight excluding hydrogens is 530 g/mol. The monoisotopic (exact) mass is 557 g/mol. The number of hydrogen-bond acceptors (Lipinski definition) is 8. The van der Waals surface area contributed by atoms with Crippen molar-refractivity contribution < 1.29 is 13.5 Å². The van der Waals surface area contributed by atoms with E-state index in [-0.39, 0.29) is 4.90 Å². The minimum absolute atomic E-state index is 0.174. The number of thiazole rings is 1. The predicted octanol–water partition coefficient (Wildman–Crippen LogP) is 4.93. The van der Waals surface area contributed by atoms with E-state index in [2.05, 4.69) is 25.0 Å². The molecule has 0 unspecified atom stereocenters. The lowest BCUT2D eigenvalue weighted by Crippen LogP contribution is -2.23. The fourth-order valence-corrected chi connectivity index (χ4v) is 5.81. The molecule has 198 valence electrons. The van der Waals surface area contributed by atoms with Crippen molar-refractivity contribution >= 4 is 27.0 Å². The van der Waals surface area contributed by atoms with Gasteiger partial charge in [0.2, 0.25) is 0 Å². The summed E-state index contributed by atoms with van der Waals surface area (Å²) in [7, 11) is -3.74. The summed E-state index contributed by atoms with van der Waals surface area (Å²) in [4.78, 5) is 13.2. The third-order valence-corrected chi connectivity index (χ3v) is 8.34. The van der Waals surface area contributed by atoms with Crippen molar-refractivity contribution in [3.05, 3.63) is 114 Å². The highest BCUT2D eigenvalue weighted by Gasteiger charge is 2.15. The zero-order valence-electron chi connectivity index (χ0n) is 20.9. The van der Waals surface area contributed by atoms with Gasteiger partial charge in [-0.05, 0) is 61.0 Å². The lowest BCUT2D eigenvalue weighted by Gasteiger charge is -2.12. The molecular formula is C29H27N5O3S2. The van der Waals surface area contributed by atoms with E-state index in [0.29, 0.717) is 18.8 Å². The molecule has 10 heteroatoms. The Balaban J connectivity index is 1.14. The zero-order valence-corrected chi connectivity index (χ0v) is 22.6. The summed E-state index contributed by atoms with van der Waals surface area (Å²) in [6.45, 7) is 1.10. The molecule has 0 aliphatic heterocycles. The second kappa shape index (κ2) is 12.3. The van der Waals surface area contributed by atoms with Crippen LogP contribution in [0.5, 0.6) is 0 Å². The summed E-state index contributed by atoms with van der Waals surface area (Å²) < 4.78 is 28.5. The van der Waals surface area contributed by atoms with Gasteiger partial charge in [-0.25, -0.2) is 13.4 Å². The second-order valence-corrected chi connectivity index (χ2v) is 11.4. The van der Waals surface area contributed by atoms with Crippen LogP contribution >= 0.6 is 11.3 Å². The Morgan fingerprint density at radius 3 is 2.44 bits per heavy atom. The van der Waals surface area contributed by atoms with Crippen LogP contribution in [0.1, 0.15) is 17.2 Å². The third-order valence-electron chi connectivity index (χ3n) is 6.05. The fraction of sp³-hybridized carbons (Fsp3) is 0.138. The molecule has 0 amide bonds. The first-order valence-corrected chi connectivity index (χ1v) is 14.7. The zero-order chi connectivity index (χ0) is 27.1. The minimum atomic E-state index is -3.74. The van der Waals surface area contributed by atoms with Crippen molar-refractivity contribution in [2.75, 3.05) is 17.8 Å². The Bertz CT molecular complexity index is 1590. The molecule has 0 saturated carbocycles. The highest BCUT2D eigenvalue weighted by atomic mass is 32.2. The number of anilines is 1. The molecule has 1 atom stereocenters. The second-order valence-electron chi connectivity index (χ2n) is 8.84. The first-order valence-electron chi connectivity index (χ1n) is 12.4. The lowest BCUT2D eigenvalue weighted by molar-refractivity contribution is 0.174. The number of sulfonamides is 1. The maximum absolute atomic E-state index is 12.9. The summed E-state index contributed by atoms with van der Waals surface area (Å²) in [5, 5.41) is 16.2. The summed E-state index contributed by atoms with van der Waals surface area (Å²) in [6, 6.07) is 23.3. The van der Waals surface area contributed by atoms with Gasteiger partial charge in [-0.15, -0.1) is 11.3 Å². The number of nitrogens with zero attached hydrogens (tertiary/aromatic N) is 3. The van der Waals surface area contributed by atoms with Crippen LogP contribution in [0.2, 0.25) is 0 Å². The van der Waals surface area contributed by atoms with E-state index in [1.165, 1.54) is 11.3 Å². The van der Waals surface area contributed by atoms with Gasteiger partial charge >= 0.3 is 0 Å². The average Bonchev–Trinajstić information content (AvgIpc) is 3.47. The van der Waals surface area contributed by atoms with Crippen molar-refractivity contribution in [3.63, 3.8) is 0 Å². The van der Waals surface area contributed by atoms with Gasteiger partial charge < -0.3 is 10.4 Å². The molecule has 39 heavy (non-hydrogen) atoms. The Labute approximate surface area is 231 Å². The largest absolute Gasteiger partial charge is 0.387 e. The van der Waals surface area contributed by atoms with Crippen LogP contribution in [0.4, 0.5) is 5.69 Å². The maximum Gasteiger partial charge on any atom is 0.261 e. The summed E-state index contributed by atoms with van der Waals surface area (Å²) in [5.41, 5.74) is 4.74. The van der Waals surface area contributed by atoms with Crippen molar-refractivity contribution in [2.24, 2.45) is 0 Å². The molecule has 0 spiro atoms. The summed E-state index contributed by atoms with van der Waals surface area (Å²) in [5.74, 6) is 0. The van der Waals surface area contributed by atoms with Gasteiger partial charge in [0.15, 0.2) is 0 Å². The lowest BCUT2D eigenvalue weighted by atomic mass is 10.1. The molecule has 0 fully saturated rings. The van der Waals surface area contributed by atoms with Gasteiger partial charge in [-0.1, -0.05) is 36.4 Å². The van der Waals surface area contributed by atoms with Gasteiger partial charge in [0, 0.05) is 47.3 Å². The molecule has 0 bridgehead atoms. The fourth-order valence-electron chi connectivity index (χ4n) is 3.93. The molecule has 5 rings (SSSR count). The number of rotatable bonds is 11. The van der Waals surface area contributed by atoms with Crippen LogP contribution in [-0.2, 0) is 16.4 Å². The maximum atomic E-state index is 12.9. The smallest absolute Gasteiger partial charge is 0.261 e. The van der Waals surface area contributed by atoms with Crippen LogP contribution in [0, 0.1) is 0 Å². The number of aliphatic hydroxyl groups excluding tert-OH is 1. The highest BCUT2D eigenvalue weighted by Crippen LogP contribution is 2.29. The number of aromatic nitrogens is 3. The molecule has 3 N–H and O–H groups in total. The minimum Gasteiger partial charge on any atom is -0.387 e. The van der Waals surface area contributed by atoms with E-state index in [4.69, 9.17) is 0 Å². The number of pyridine rings is 2. The van der Waals surface area contributed by atoms with Gasteiger partial charge in [-0.2, -0.15) is 0 Å². The first kappa shape index (κ1) is 26.6. The Morgan fingerprint density at radius 1 is 0.897 bits per heavy atom. The van der Waals surface area contributed by atoms with Gasteiger partial charge in [0.1, 0.15) is 10.7 Å². The number of aliphatic hydroxyl groups is 1. The normalized spacial score (nSPS) is 12.2. The van der Waals surface area contributed by atoms with E-state index in [1.54, 1.807) is 61.1 Å². The summed E-state index contributed by atoms with van der Waals surface area (Å²) >= 11 is 1.49. The topological polar surface area (TPSA) is 117 Å². The molecule has 0 saturated heterocycles. The van der Waals surface area contributed by atoms with Crippen molar-refractivity contribution in [1.29, 1.82) is 0 Å². The SMILES string of the molecule is O=S(=O)(Nc1ccc(CCNC[C@H](O)c2cccnc2)cc1)c1ccc(-c2nc(-c3ccccn3)cs2)cc1. The number of nitrogens with one attached hydrogen (secondary N) is 2. The van der Waals surface area contributed by atoms with Gasteiger partial charge in [0.25, 0.3) is 10.0 Å². The molecule has 8 nitrogen and oxygen atoms in total. The van der Waals surface area contributed by atoms with Crippen LogP contribution in [0.3, 0.4) is 0 Å². The van der Waals surface area contributed by atoms with E-state index in [9.17, 15) is 13.5 Å². The molecule has 0 radical (unpaired) electrons. The molecule has 3 heterocycles. The van der Waals surface area contributed by atoms with Crippen LogP contribution in [0.15, 0.2) is 108 Å². The Hall–Kier alpha value is -3.96. The Kier molecular flexibility index (Phi) is 8.38. The number of hydrogen-bond donors (Lipinski definition) is 3. The van der Waals surface area contributed by atoms with Gasteiger partial charge in [-0.3, -0.25) is 14.7 Å². The van der Waals surface area contributed by atoms with Gasteiger partial charge in [0.05, 0.1) is 16.7 Å². The average molecular weight is 558 g/mol. The highest BCUT2D eigenvalue weighted by molar-refractivity contribution is 7.92. The summed E-state index contributed by atoms with van der Waals surface area (Å²) in [6.07, 6.45) is 5.18. The van der Waals surface area contributed by atoms with E-state index in [1.807, 2.05) is 41.8 Å². The quantitative estimate of drug-likeness (QED) is 0.197.